The molecule has 1 heterocycles. The van der Waals surface area contributed by atoms with Gasteiger partial charge < -0.3 is 5.73 Å². The molecule has 17 heavy (non-hydrogen) atoms. The monoisotopic (exact) mass is 226 g/mol. The molecule has 0 spiro atoms. The topological polar surface area (TPSA) is 38.9 Å². The molecule has 0 saturated carbocycles. The van der Waals surface area contributed by atoms with Gasteiger partial charge in [0.25, 0.3) is 0 Å². The van der Waals surface area contributed by atoms with E-state index in [-0.39, 0.29) is 0 Å². The first-order valence-electron chi connectivity index (χ1n) is 5.80. The molecule has 0 aliphatic rings. The van der Waals surface area contributed by atoms with Gasteiger partial charge in [-0.3, -0.25) is 0 Å². The lowest BCUT2D eigenvalue weighted by Crippen LogP contribution is -1.99. The molecule has 2 N–H and O–H groups in total. The Balaban J connectivity index is 2.80. The summed E-state index contributed by atoms with van der Waals surface area (Å²) in [5.74, 6) is 0.601. The number of nitrogen functional groups attached to an aromatic ring is 1. The molecule has 1 aromatic carbocycles. The van der Waals surface area contributed by atoms with E-state index in [0.29, 0.717) is 5.82 Å². The molecule has 0 aliphatic heterocycles. The minimum Gasteiger partial charge on any atom is -0.383 e. The minimum absolute atomic E-state index is 0.601. The van der Waals surface area contributed by atoms with Crippen LogP contribution in [0.2, 0.25) is 0 Å². The van der Waals surface area contributed by atoms with E-state index < -0.39 is 0 Å². The Morgan fingerprint density at radius 1 is 1.00 bits per heavy atom. The number of anilines is 1. The number of aryl methyl sites for hydroxylation is 2. The summed E-state index contributed by atoms with van der Waals surface area (Å²) in [5, 5.41) is 0. The van der Waals surface area contributed by atoms with Gasteiger partial charge in [0.2, 0.25) is 0 Å². The van der Waals surface area contributed by atoms with Gasteiger partial charge in [-0.2, -0.15) is 0 Å². The highest BCUT2D eigenvalue weighted by Gasteiger charge is 2.12. The van der Waals surface area contributed by atoms with E-state index >= 15 is 0 Å². The highest BCUT2D eigenvalue weighted by molar-refractivity contribution is 5.80. The van der Waals surface area contributed by atoms with Crippen LogP contribution in [-0.2, 0) is 0 Å². The molecule has 0 saturated heterocycles. The van der Waals surface area contributed by atoms with Gasteiger partial charge in [-0.25, -0.2) is 4.98 Å². The van der Waals surface area contributed by atoms with Crippen molar-refractivity contribution in [3.8, 4) is 11.1 Å². The zero-order chi connectivity index (χ0) is 12.6. The van der Waals surface area contributed by atoms with Gasteiger partial charge in [0.1, 0.15) is 5.82 Å². The van der Waals surface area contributed by atoms with Crippen molar-refractivity contribution in [2.45, 2.75) is 27.7 Å². The molecule has 2 rings (SSSR count). The predicted octanol–water partition coefficient (Wildman–Crippen LogP) is 3.56. The fraction of sp³-hybridized carbons (Fsp3) is 0.267. The Kier molecular flexibility index (Phi) is 2.88. The number of nitrogens with zero attached hydrogens (tertiary/aromatic N) is 1. The molecule has 0 aliphatic carbocycles. The Hall–Kier alpha value is -1.83. The van der Waals surface area contributed by atoms with Gasteiger partial charge >= 0.3 is 0 Å². The van der Waals surface area contributed by atoms with Crippen molar-refractivity contribution < 1.29 is 0 Å². The summed E-state index contributed by atoms with van der Waals surface area (Å²) in [6, 6.07) is 6.19. The standard InChI is InChI=1S/C15H18N2/c1-9-8-10(2)12(4)14(11(9)3)13-6-5-7-17-15(13)16/h5-8H,1-4H3,(H2,16,17). The van der Waals surface area contributed by atoms with Crippen LogP contribution in [0.5, 0.6) is 0 Å². The number of hydrogen-bond acceptors (Lipinski definition) is 2. The third kappa shape index (κ3) is 1.91. The Morgan fingerprint density at radius 3 is 2.12 bits per heavy atom. The van der Waals surface area contributed by atoms with Crippen molar-refractivity contribution in [2.24, 2.45) is 0 Å². The van der Waals surface area contributed by atoms with Crippen molar-refractivity contribution in [1.82, 2.24) is 4.98 Å². The highest BCUT2D eigenvalue weighted by atomic mass is 14.8. The molecular weight excluding hydrogens is 208 g/mol. The van der Waals surface area contributed by atoms with Crippen molar-refractivity contribution in [2.75, 3.05) is 5.73 Å². The fourth-order valence-electron chi connectivity index (χ4n) is 2.25. The van der Waals surface area contributed by atoms with Crippen LogP contribution in [0, 0.1) is 27.7 Å². The number of hydrogen-bond donors (Lipinski definition) is 1. The van der Waals surface area contributed by atoms with Gasteiger partial charge in [-0.1, -0.05) is 6.07 Å². The first kappa shape index (κ1) is 11.6. The van der Waals surface area contributed by atoms with Crippen LogP contribution < -0.4 is 5.73 Å². The largest absolute Gasteiger partial charge is 0.383 e. The van der Waals surface area contributed by atoms with Crippen LogP contribution in [0.1, 0.15) is 22.3 Å². The van der Waals surface area contributed by atoms with Gasteiger partial charge in [-0.05, 0) is 67.6 Å². The highest BCUT2D eigenvalue weighted by Crippen LogP contribution is 2.33. The van der Waals surface area contributed by atoms with E-state index in [2.05, 4.69) is 38.7 Å². The van der Waals surface area contributed by atoms with E-state index in [0.717, 1.165) is 5.56 Å². The zero-order valence-corrected chi connectivity index (χ0v) is 10.8. The molecule has 2 nitrogen and oxygen atoms in total. The Labute approximate surface area is 103 Å². The molecule has 2 aromatic rings. The van der Waals surface area contributed by atoms with Gasteiger partial charge in [0, 0.05) is 11.8 Å². The molecule has 0 atom stereocenters. The van der Waals surface area contributed by atoms with Crippen LogP contribution in [0.4, 0.5) is 5.82 Å². The molecule has 0 unspecified atom stereocenters. The third-order valence-corrected chi connectivity index (χ3v) is 3.47. The third-order valence-electron chi connectivity index (χ3n) is 3.47. The average molecular weight is 226 g/mol. The number of pyridine rings is 1. The lowest BCUT2D eigenvalue weighted by Gasteiger charge is -2.16. The van der Waals surface area contributed by atoms with Crippen LogP contribution in [0.15, 0.2) is 24.4 Å². The summed E-state index contributed by atoms with van der Waals surface area (Å²) in [4.78, 5) is 4.17. The normalized spacial score (nSPS) is 10.6. The number of benzene rings is 1. The Bertz CT molecular complexity index is 545. The van der Waals surface area contributed by atoms with Gasteiger partial charge in [-0.15, -0.1) is 0 Å². The van der Waals surface area contributed by atoms with Crippen LogP contribution in [-0.4, -0.2) is 4.98 Å². The van der Waals surface area contributed by atoms with E-state index in [1.54, 1.807) is 6.20 Å². The van der Waals surface area contributed by atoms with E-state index in [9.17, 15) is 0 Å². The summed E-state index contributed by atoms with van der Waals surface area (Å²) in [6.07, 6.45) is 1.73. The number of nitrogens with two attached hydrogens (primary N) is 1. The molecular formula is C15H18N2. The molecule has 0 amide bonds. The molecule has 1 aromatic heterocycles. The number of aromatic nitrogens is 1. The summed E-state index contributed by atoms with van der Waals surface area (Å²) >= 11 is 0. The molecule has 2 heteroatoms. The zero-order valence-electron chi connectivity index (χ0n) is 10.8. The first-order chi connectivity index (χ1) is 8.02. The van der Waals surface area contributed by atoms with Gasteiger partial charge in [0.15, 0.2) is 0 Å². The Morgan fingerprint density at radius 2 is 1.59 bits per heavy atom. The molecule has 0 fully saturated rings. The first-order valence-corrected chi connectivity index (χ1v) is 5.80. The second-order valence-corrected chi connectivity index (χ2v) is 4.57. The van der Waals surface area contributed by atoms with Gasteiger partial charge in [0.05, 0.1) is 0 Å². The lowest BCUT2D eigenvalue weighted by atomic mass is 9.90. The fourth-order valence-corrected chi connectivity index (χ4v) is 2.25. The second kappa shape index (κ2) is 4.21. The molecule has 0 bridgehead atoms. The molecule has 88 valence electrons. The van der Waals surface area contributed by atoms with Crippen molar-refractivity contribution in [1.29, 1.82) is 0 Å². The van der Waals surface area contributed by atoms with E-state index in [1.807, 2.05) is 12.1 Å². The maximum atomic E-state index is 5.98. The van der Waals surface area contributed by atoms with Crippen molar-refractivity contribution in [3.05, 3.63) is 46.6 Å². The lowest BCUT2D eigenvalue weighted by molar-refractivity contribution is 1.23. The summed E-state index contributed by atoms with van der Waals surface area (Å²) in [7, 11) is 0. The SMILES string of the molecule is Cc1cc(C)c(C)c(-c2cccnc2N)c1C. The number of rotatable bonds is 1. The van der Waals surface area contributed by atoms with E-state index in [1.165, 1.54) is 27.8 Å². The maximum absolute atomic E-state index is 5.98. The predicted molar refractivity (Wildman–Crippen MR) is 73.0 cm³/mol. The summed E-state index contributed by atoms with van der Waals surface area (Å²) in [6.45, 7) is 8.56. The maximum Gasteiger partial charge on any atom is 0.131 e. The quantitative estimate of drug-likeness (QED) is 0.807. The van der Waals surface area contributed by atoms with Crippen molar-refractivity contribution >= 4 is 5.82 Å². The summed E-state index contributed by atoms with van der Waals surface area (Å²) in [5.41, 5.74) is 13.4. The van der Waals surface area contributed by atoms with E-state index in [4.69, 9.17) is 5.73 Å². The van der Waals surface area contributed by atoms with Crippen LogP contribution in [0.25, 0.3) is 11.1 Å². The van der Waals surface area contributed by atoms with Crippen molar-refractivity contribution in [3.63, 3.8) is 0 Å². The minimum atomic E-state index is 0.601. The summed E-state index contributed by atoms with van der Waals surface area (Å²) < 4.78 is 0. The van der Waals surface area contributed by atoms with Crippen LogP contribution in [0.3, 0.4) is 0 Å². The molecule has 0 radical (unpaired) electrons. The smallest absolute Gasteiger partial charge is 0.131 e. The van der Waals surface area contributed by atoms with Crippen LogP contribution >= 0.6 is 0 Å². The second-order valence-electron chi connectivity index (χ2n) is 4.57. The average Bonchev–Trinajstić information content (AvgIpc) is 2.29.